The Morgan fingerprint density at radius 3 is 2.52 bits per heavy atom. The zero-order valence-corrected chi connectivity index (χ0v) is 16.0. The van der Waals surface area contributed by atoms with Crippen LogP contribution in [0.4, 0.5) is 0 Å². The van der Waals surface area contributed by atoms with Crippen LogP contribution in [0.5, 0.6) is 0 Å². The van der Waals surface area contributed by atoms with Crippen LogP contribution in [-0.2, 0) is 16.1 Å². The van der Waals surface area contributed by atoms with E-state index in [9.17, 15) is 14.7 Å². The zero-order valence-electron chi connectivity index (χ0n) is 15.2. The zero-order chi connectivity index (χ0) is 20.4. The van der Waals surface area contributed by atoms with Crippen molar-refractivity contribution in [3.8, 4) is 0 Å². The molecule has 2 aromatic heterocycles. The van der Waals surface area contributed by atoms with Crippen molar-refractivity contribution in [1.82, 2.24) is 14.9 Å². The number of aliphatic hydroxyl groups excluding tert-OH is 1. The van der Waals surface area contributed by atoms with Crippen LogP contribution in [-0.4, -0.2) is 31.7 Å². The summed E-state index contributed by atoms with van der Waals surface area (Å²) in [5.74, 6) is -1.69. The van der Waals surface area contributed by atoms with Gasteiger partial charge in [-0.15, -0.1) is 0 Å². The minimum absolute atomic E-state index is 0.0207. The third-order valence-corrected chi connectivity index (χ3v) is 4.97. The number of rotatable bonds is 4. The second-order valence-electron chi connectivity index (χ2n) is 6.58. The number of pyridine rings is 2. The lowest BCUT2D eigenvalue weighted by molar-refractivity contribution is -0.140. The molecule has 0 aliphatic carbocycles. The quantitative estimate of drug-likeness (QED) is 0.406. The van der Waals surface area contributed by atoms with Crippen LogP contribution in [0, 0.1) is 0 Å². The molecule has 1 aliphatic rings. The van der Waals surface area contributed by atoms with Crippen LogP contribution in [0.15, 0.2) is 78.9 Å². The molecule has 3 aromatic rings. The summed E-state index contributed by atoms with van der Waals surface area (Å²) in [7, 11) is 0. The summed E-state index contributed by atoms with van der Waals surface area (Å²) in [5.41, 5.74) is 1.84. The highest BCUT2D eigenvalue weighted by atomic mass is 35.5. The van der Waals surface area contributed by atoms with E-state index in [1.807, 2.05) is 6.07 Å². The van der Waals surface area contributed by atoms with E-state index in [2.05, 4.69) is 9.97 Å². The topological polar surface area (TPSA) is 83.4 Å². The van der Waals surface area contributed by atoms with E-state index in [0.717, 1.165) is 5.56 Å². The molecule has 29 heavy (non-hydrogen) atoms. The van der Waals surface area contributed by atoms with Gasteiger partial charge in [0.25, 0.3) is 11.7 Å². The monoisotopic (exact) mass is 405 g/mol. The van der Waals surface area contributed by atoms with Gasteiger partial charge >= 0.3 is 0 Å². The number of hydrogen-bond acceptors (Lipinski definition) is 5. The molecule has 4 rings (SSSR count). The standard InChI is InChI=1S/C22H16ClN3O3/c23-17-5-1-4-16(11-17)20(27)18-19(15-6-9-24-10-7-15)26(22(29)21(18)28)13-14-3-2-8-25-12-14/h1-12,19,27H,13H2/b20-18-. The summed E-state index contributed by atoms with van der Waals surface area (Å²) < 4.78 is 0. The van der Waals surface area contributed by atoms with Crippen LogP contribution < -0.4 is 0 Å². The van der Waals surface area contributed by atoms with Gasteiger partial charge in [0.1, 0.15) is 5.76 Å². The van der Waals surface area contributed by atoms with Gasteiger partial charge in [0.05, 0.1) is 11.6 Å². The Labute approximate surface area is 172 Å². The number of Topliss-reactive ketones (excluding diaryl/α,β-unsaturated/α-hetero) is 1. The molecule has 1 amide bonds. The largest absolute Gasteiger partial charge is 0.507 e. The van der Waals surface area contributed by atoms with Crippen molar-refractivity contribution in [2.45, 2.75) is 12.6 Å². The van der Waals surface area contributed by atoms with Crippen LogP contribution in [0.1, 0.15) is 22.7 Å². The van der Waals surface area contributed by atoms with E-state index < -0.39 is 17.7 Å². The lowest BCUT2D eigenvalue weighted by Crippen LogP contribution is -2.29. The van der Waals surface area contributed by atoms with Crippen LogP contribution in [0.25, 0.3) is 5.76 Å². The molecule has 0 saturated carbocycles. The average molecular weight is 406 g/mol. The minimum Gasteiger partial charge on any atom is -0.507 e. The smallest absolute Gasteiger partial charge is 0.295 e. The first kappa shape index (κ1) is 18.8. The van der Waals surface area contributed by atoms with Gasteiger partial charge in [0, 0.05) is 41.9 Å². The van der Waals surface area contributed by atoms with Crippen LogP contribution in [0.3, 0.4) is 0 Å². The van der Waals surface area contributed by atoms with Crippen molar-refractivity contribution in [1.29, 1.82) is 0 Å². The maximum Gasteiger partial charge on any atom is 0.295 e. The number of likely N-dealkylation sites (tertiary alicyclic amines) is 1. The predicted molar refractivity (Wildman–Crippen MR) is 108 cm³/mol. The fourth-order valence-corrected chi connectivity index (χ4v) is 3.61. The highest BCUT2D eigenvalue weighted by Crippen LogP contribution is 2.40. The molecule has 0 radical (unpaired) electrons. The maximum absolute atomic E-state index is 12.9. The van der Waals surface area contributed by atoms with E-state index in [4.69, 9.17) is 11.6 Å². The Morgan fingerprint density at radius 1 is 1.03 bits per heavy atom. The first-order valence-corrected chi connectivity index (χ1v) is 9.27. The van der Waals surface area contributed by atoms with Crippen LogP contribution in [0.2, 0.25) is 5.02 Å². The molecule has 144 valence electrons. The highest BCUT2D eigenvalue weighted by Gasteiger charge is 2.46. The van der Waals surface area contributed by atoms with Crippen molar-refractivity contribution in [2.24, 2.45) is 0 Å². The normalized spacial score (nSPS) is 18.2. The van der Waals surface area contributed by atoms with Crippen molar-refractivity contribution in [3.05, 3.63) is 101 Å². The Morgan fingerprint density at radius 2 is 1.83 bits per heavy atom. The summed E-state index contributed by atoms with van der Waals surface area (Å²) in [6, 6.07) is 12.8. The Kier molecular flexibility index (Phi) is 5.10. The first-order valence-electron chi connectivity index (χ1n) is 8.89. The van der Waals surface area contributed by atoms with Gasteiger partial charge < -0.3 is 10.0 Å². The SMILES string of the molecule is O=C1C(=O)N(Cc2cccnc2)C(c2ccncc2)/C1=C(/O)c1cccc(Cl)c1. The molecule has 1 aliphatic heterocycles. The van der Waals surface area contributed by atoms with Gasteiger partial charge in [-0.05, 0) is 41.5 Å². The predicted octanol–water partition coefficient (Wildman–Crippen LogP) is 3.75. The number of nitrogens with zero attached hydrogens (tertiary/aromatic N) is 3. The molecule has 6 nitrogen and oxygen atoms in total. The molecular weight excluding hydrogens is 390 g/mol. The second kappa shape index (κ2) is 7.85. The van der Waals surface area contributed by atoms with E-state index in [1.54, 1.807) is 67.3 Å². The van der Waals surface area contributed by atoms with Crippen LogP contribution >= 0.6 is 11.6 Å². The molecule has 7 heteroatoms. The molecule has 3 heterocycles. The number of benzene rings is 1. The third kappa shape index (κ3) is 3.62. The number of hydrogen-bond donors (Lipinski definition) is 1. The summed E-state index contributed by atoms with van der Waals surface area (Å²) >= 11 is 6.04. The Hall–Kier alpha value is -3.51. The van der Waals surface area contributed by atoms with E-state index >= 15 is 0 Å². The molecular formula is C22H16ClN3O3. The Bertz CT molecular complexity index is 1100. The Balaban J connectivity index is 1.86. The highest BCUT2D eigenvalue weighted by molar-refractivity contribution is 6.46. The molecule has 1 aromatic carbocycles. The van der Waals surface area contributed by atoms with Crippen molar-refractivity contribution in [2.75, 3.05) is 0 Å². The number of aromatic nitrogens is 2. The second-order valence-corrected chi connectivity index (χ2v) is 7.02. The van der Waals surface area contributed by atoms with Gasteiger partial charge in [-0.2, -0.15) is 0 Å². The number of ketones is 1. The van der Waals surface area contributed by atoms with E-state index in [0.29, 0.717) is 16.1 Å². The third-order valence-electron chi connectivity index (χ3n) is 4.74. The summed E-state index contributed by atoms with van der Waals surface area (Å²) in [5, 5.41) is 11.4. The van der Waals surface area contributed by atoms with E-state index in [-0.39, 0.29) is 17.9 Å². The molecule has 1 saturated heterocycles. The van der Waals surface area contributed by atoms with Gasteiger partial charge in [-0.3, -0.25) is 19.6 Å². The average Bonchev–Trinajstić information content (AvgIpc) is 2.99. The van der Waals surface area contributed by atoms with Gasteiger partial charge in [-0.1, -0.05) is 29.8 Å². The lowest BCUT2D eigenvalue weighted by Gasteiger charge is -2.25. The molecule has 1 unspecified atom stereocenters. The first-order chi connectivity index (χ1) is 14.1. The van der Waals surface area contributed by atoms with E-state index in [1.165, 1.54) is 4.90 Å². The maximum atomic E-state index is 12.9. The van der Waals surface area contributed by atoms with Crippen molar-refractivity contribution < 1.29 is 14.7 Å². The lowest BCUT2D eigenvalue weighted by atomic mass is 9.96. The fraction of sp³-hybridized carbons (Fsp3) is 0.0909. The van der Waals surface area contributed by atoms with Gasteiger partial charge in [0.2, 0.25) is 0 Å². The number of aliphatic hydroxyl groups is 1. The molecule has 0 bridgehead atoms. The molecule has 1 fully saturated rings. The summed E-state index contributed by atoms with van der Waals surface area (Å²) in [4.78, 5) is 35.3. The minimum atomic E-state index is -0.753. The number of carbonyl (C=O) groups is 2. The van der Waals surface area contributed by atoms with Crippen molar-refractivity contribution in [3.63, 3.8) is 0 Å². The summed E-state index contributed by atoms with van der Waals surface area (Å²) in [6.45, 7) is 0.178. The molecule has 1 N–H and O–H groups in total. The number of carbonyl (C=O) groups excluding carboxylic acids is 2. The van der Waals surface area contributed by atoms with Gasteiger partial charge in [-0.25, -0.2) is 0 Å². The molecule has 0 spiro atoms. The fourth-order valence-electron chi connectivity index (χ4n) is 3.42. The van der Waals surface area contributed by atoms with Crippen molar-refractivity contribution >= 4 is 29.1 Å². The number of amides is 1. The summed E-state index contributed by atoms with van der Waals surface area (Å²) in [6.07, 6.45) is 6.44. The van der Waals surface area contributed by atoms with Gasteiger partial charge in [0.15, 0.2) is 0 Å². The molecule has 1 atom stereocenters. The number of halogens is 1.